The molecule has 0 fully saturated rings. The van der Waals surface area contributed by atoms with Crippen molar-refractivity contribution in [3.05, 3.63) is 131 Å². The van der Waals surface area contributed by atoms with E-state index in [0.29, 0.717) is 0 Å². The molecule has 0 radical (unpaired) electrons. The molecule has 8 aromatic rings. The molecule has 0 amide bonds. The van der Waals surface area contributed by atoms with Crippen molar-refractivity contribution in [2.75, 3.05) is 0 Å². The predicted octanol–water partition coefficient (Wildman–Crippen LogP) is 13.3. The molecule has 7 heteroatoms. The van der Waals surface area contributed by atoms with Gasteiger partial charge >= 0.3 is 0 Å². The molecule has 8 rings (SSSR count). The zero-order valence-corrected chi connectivity index (χ0v) is 36.0. The Bertz CT molecular complexity index is 2310. The Morgan fingerprint density at radius 1 is 0.481 bits per heavy atom. The highest BCUT2D eigenvalue weighted by molar-refractivity contribution is 7.18. The van der Waals surface area contributed by atoms with Crippen LogP contribution < -0.4 is 4.57 Å². The number of aryl methyl sites for hydroxylation is 1. The normalized spacial score (nSPS) is 12.2. The second-order valence-corrected chi connectivity index (χ2v) is 19.9. The lowest BCUT2D eigenvalue weighted by molar-refractivity contribution is -0.651. The van der Waals surface area contributed by atoms with Crippen LogP contribution in [-0.2, 0) is 28.7 Å². The Morgan fingerprint density at radius 2 is 1.06 bits per heavy atom. The molecule has 5 nitrogen and oxygen atoms in total. The van der Waals surface area contributed by atoms with E-state index in [2.05, 4.69) is 176 Å². The molecule has 0 N–H and O–H groups in total. The van der Waals surface area contributed by atoms with Crippen LogP contribution in [-0.4, -0.2) is 15.0 Å². The molecule has 0 aliphatic carbocycles. The van der Waals surface area contributed by atoms with Crippen LogP contribution in [0.2, 0.25) is 0 Å². The number of hydrogen-bond donors (Lipinski definition) is 0. The minimum atomic E-state index is -0.0149. The van der Waals surface area contributed by atoms with Gasteiger partial charge in [0.25, 0.3) is 0 Å². The van der Waals surface area contributed by atoms with Crippen LogP contribution in [0.25, 0.3) is 42.4 Å². The Kier molecular flexibility index (Phi) is 12.1. The molecular formula is C47H57N4OS2+. The highest BCUT2D eigenvalue weighted by Crippen LogP contribution is 2.31. The Balaban J connectivity index is 0.000000139. The van der Waals surface area contributed by atoms with E-state index in [-0.39, 0.29) is 21.7 Å². The highest BCUT2D eigenvalue weighted by Gasteiger charge is 2.28. The summed E-state index contributed by atoms with van der Waals surface area (Å²) >= 11 is 3.69. The Morgan fingerprint density at radius 3 is 1.63 bits per heavy atom. The average molecular weight is 758 g/mol. The monoisotopic (exact) mass is 757 g/mol. The van der Waals surface area contributed by atoms with Crippen molar-refractivity contribution < 1.29 is 8.98 Å². The van der Waals surface area contributed by atoms with E-state index in [1.807, 2.05) is 53.8 Å². The molecule has 0 aliphatic rings. The van der Waals surface area contributed by atoms with Crippen LogP contribution in [0.5, 0.6) is 0 Å². The molecule has 54 heavy (non-hydrogen) atoms. The lowest BCUT2D eigenvalue weighted by Crippen LogP contribution is -2.36. The first-order valence-electron chi connectivity index (χ1n) is 18.7. The van der Waals surface area contributed by atoms with E-state index in [1.165, 1.54) is 30.3 Å². The third kappa shape index (κ3) is 10.2. The summed E-state index contributed by atoms with van der Waals surface area (Å²) in [6, 6.07) is 37.2. The van der Waals surface area contributed by atoms with Crippen molar-refractivity contribution >= 4 is 65.1 Å². The molecule has 0 unspecified atom stereocenters. The van der Waals surface area contributed by atoms with Gasteiger partial charge in [-0.15, -0.1) is 11.3 Å². The molecule has 4 heterocycles. The highest BCUT2D eigenvalue weighted by atomic mass is 32.1. The summed E-state index contributed by atoms with van der Waals surface area (Å²) in [5.74, 6) is 0.800. The van der Waals surface area contributed by atoms with Crippen molar-refractivity contribution in [3.63, 3.8) is 0 Å². The predicted molar refractivity (Wildman–Crippen MR) is 233 cm³/mol. The van der Waals surface area contributed by atoms with E-state index in [9.17, 15) is 0 Å². The summed E-state index contributed by atoms with van der Waals surface area (Å²) in [6.07, 6.45) is 0. The number of hydrogen-bond acceptors (Lipinski definition) is 6. The maximum Gasteiger partial charge on any atom is 0.243 e. The number of pyridine rings is 1. The first-order valence-corrected chi connectivity index (χ1v) is 20.3. The smallest absolute Gasteiger partial charge is 0.243 e. The number of nitrogens with zero attached hydrogens (tertiary/aromatic N) is 4. The van der Waals surface area contributed by atoms with Gasteiger partial charge in [-0.2, -0.15) is 4.57 Å². The van der Waals surface area contributed by atoms with Crippen LogP contribution in [0.4, 0.5) is 0 Å². The van der Waals surface area contributed by atoms with E-state index in [4.69, 9.17) is 4.42 Å². The van der Waals surface area contributed by atoms with Gasteiger partial charge in [0.2, 0.25) is 16.4 Å². The topological polar surface area (TPSA) is 55.7 Å². The maximum absolute atomic E-state index is 5.62. The molecular weight excluding hydrogens is 701 g/mol. The Labute approximate surface area is 330 Å². The summed E-state index contributed by atoms with van der Waals surface area (Å²) in [6.45, 7) is 26.2. The van der Waals surface area contributed by atoms with E-state index < -0.39 is 0 Å². The molecule has 4 aromatic heterocycles. The van der Waals surface area contributed by atoms with Crippen LogP contribution in [0.15, 0.2) is 114 Å². The van der Waals surface area contributed by atoms with E-state index in [0.717, 1.165) is 33.7 Å². The fourth-order valence-electron chi connectivity index (χ4n) is 5.63. The first-order chi connectivity index (χ1) is 25.2. The first kappa shape index (κ1) is 40.7. The third-order valence-corrected chi connectivity index (χ3v) is 11.7. The molecule has 0 saturated heterocycles. The van der Waals surface area contributed by atoms with Gasteiger partial charge in [-0.25, -0.2) is 9.97 Å². The van der Waals surface area contributed by atoms with Crippen molar-refractivity contribution in [1.29, 1.82) is 0 Å². The zero-order valence-electron chi connectivity index (χ0n) is 34.4. The molecule has 0 spiro atoms. The quantitative estimate of drug-likeness (QED) is 0.145. The Hall–Kier alpha value is -4.46. The minimum Gasteiger partial charge on any atom is -0.440 e. The SMILES string of the molecule is CC(C)(C)c1ccc2ccccc2n1.CC(C)(C)c1nc2ccccc2o1.CC(C)(C)c1nc2ccccc2s1.C[n+]1c(C(C)(C)C)sc2ccccc21. The summed E-state index contributed by atoms with van der Waals surface area (Å²) in [7, 11) is 2.15. The number of para-hydroxylation sites is 5. The van der Waals surface area contributed by atoms with Gasteiger partial charge in [-0.1, -0.05) is 134 Å². The van der Waals surface area contributed by atoms with Crippen molar-refractivity contribution in [3.8, 4) is 0 Å². The average Bonchev–Trinajstić information content (AvgIpc) is 3.84. The third-order valence-electron chi connectivity index (χ3n) is 8.62. The molecule has 282 valence electrons. The molecule has 0 aliphatic heterocycles. The number of benzene rings is 4. The summed E-state index contributed by atoms with van der Waals surface area (Å²) in [5, 5.41) is 3.85. The maximum atomic E-state index is 5.62. The van der Waals surface area contributed by atoms with E-state index >= 15 is 0 Å². The van der Waals surface area contributed by atoms with Gasteiger partial charge in [0.15, 0.2) is 5.58 Å². The summed E-state index contributed by atoms with van der Waals surface area (Å²) in [4.78, 5) is 13.7. The van der Waals surface area contributed by atoms with Crippen LogP contribution in [0.1, 0.15) is 105 Å². The number of aromatic nitrogens is 4. The molecule has 0 bridgehead atoms. The summed E-state index contributed by atoms with van der Waals surface area (Å²) < 4.78 is 10.6. The lowest BCUT2D eigenvalue weighted by Gasteiger charge is -2.17. The molecule has 0 atom stereocenters. The largest absolute Gasteiger partial charge is 0.440 e. The van der Waals surface area contributed by atoms with Crippen molar-refractivity contribution in [1.82, 2.24) is 15.0 Å². The number of rotatable bonds is 0. The van der Waals surface area contributed by atoms with Gasteiger partial charge < -0.3 is 4.42 Å². The van der Waals surface area contributed by atoms with E-state index in [1.54, 1.807) is 11.3 Å². The fraction of sp³-hybridized carbons (Fsp3) is 0.362. The second kappa shape index (κ2) is 16.1. The van der Waals surface area contributed by atoms with Gasteiger partial charge in [0, 0.05) is 33.4 Å². The minimum absolute atomic E-state index is 0.0149. The van der Waals surface area contributed by atoms with Gasteiger partial charge in [0.05, 0.1) is 26.2 Å². The number of fused-ring (bicyclic) bond motifs is 4. The standard InChI is InChI=1S/C13H15N.C12H16NS.C11H13NO.C11H13NS/c1-13(2,3)12-9-8-10-6-4-5-7-11(10)14-12;1-12(2,3)11-13(4)9-7-5-6-8-10(9)14-11;2*1-11(2,3)10-12-8-6-4-5-7-9(8)13-10/h4-9H,1-3H3;5-8H,1-4H3;2*4-7H,1-3H3/q;+1;;. The van der Waals surface area contributed by atoms with Crippen LogP contribution >= 0.6 is 22.7 Å². The molecule has 0 saturated carbocycles. The number of oxazole rings is 1. The number of thiazole rings is 2. The van der Waals surface area contributed by atoms with Crippen molar-refractivity contribution in [2.45, 2.75) is 105 Å². The second-order valence-electron chi connectivity index (χ2n) is 17.8. The lowest BCUT2D eigenvalue weighted by atomic mass is 9.91. The van der Waals surface area contributed by atoms with Crippen LogP contribution in [0.3, 0.4) is 0 Å². The summed E-state index contributed by atoms with van der Waals surface area (Å²) in [5.41, 5.74) is 7.02. The van der Waals surface area contributed by atoms with Crippen LogP contribution in [0, 0.1) is 0 Å². The zero-order chi connectivity index (χ0) is 39.5. The fourth-order valence-corrected chi connectivity index (χ4v) is 7.86. The van der Waals surface area contributed by atoms with Crippen molar-refractivity contribution in [2.24, 2.45) is 7.05 Å². The van der Waals surface area contributed by atoms with Gasteiger partial charge in [0.1, 0.15) is 17.3 Å². The van der Waals surface area contributed by atoms with Gasteiger partial charge in [-0.3, -0.25) is 4.98 Å². The van der Waals surface area contributed by atoms with Gasteiger partial charge in [-0.05, 0) is 63.2 Å². The molecule has 4 aromatic carbocycles.